The van der Waals surface area contributed by atoms with Crippen LogP contribution in [0.25, 0.3) is 0 Å². The monoisotopic (exact) mass is 264 g/mol. The third kappa shape index (κ3) is 11.0. The molecule has 80 valence electrons. The number of hydrogen-bond acceptors (Lipinski definition) is 0. The van der Waals surface area contributed by atoms with Gasteiger partial charge >= 0.3 is 0 Å². The Bertz CT molecular complexity index is 144. The molecule has 0 aromatic rings. The quantitative estimate of drug-likeness (QED) is 0.648. The zero-order valence-electron chi connectivity index (χ0n) is 10.7. The summed E-state index contributed by atoms with van der Waals surface area (Å²) in [6.07, 6.45) is 0. The van der Waals surface area contributed by atoms with Gasteiger partial charge in [0.1, 0.15) is 0 Å². The van der Waals surface area contributed by atoms with Crippen LogP contribution in [-0.4, -0.2) is 42.8 Å². The molecule has 13 heavy (non-hydrogen) atoms. The average molecular weight is 265 g/mol. The molecule has 0 aromatic heterocycles. The Kier molecular flexibility index (Phi) is 5.68. The van der Waals surface area contributed by atoms with E-state index in [0.717, 1.165) is 0 Å². The van der Waals surface area contributed by atoms with Crippen molar-refractivity contribution in [1.82, 2.24) is 0 Å². The summed E-state index contributed by atoms with van der Waals surface area (Å²) < 4.78 is 0. The molecule has 0 aromatic carbocycles. The molecule has 0 amide bonds. The Morgan fingerprint density at radius 3 is 1.77 bits per heavy atom. The number of hydrogen-bond donors (Lipinski definition) is 0. The lowest BCUT2D eigenvalue weighted by molar-refractivity contribution is 1.62. The fourth-order valence-corrected chi connectivity index (χ4v) is 57.1. The van der Waals surface area contributed by atoms with Gasteiger partial charge in [-0.25, -0.2) is 0 Å². The first-order chi connectivity index (χ1) is 5.60. The van der Waals surface area contributed by atoms with E-state index in [9.17, 15) is 0 Å². The summed E-state index contributed by atoms with van der Waals surface area (Å²) in [5.41, 5.74) is 3.52. The fraction of sp³-hybridized carbons (Fsp3) is 1.00. The molecule has 0 aliphatic heterocycles. The highest BCUT2D eigenvalue weighted by Gasteiger charge is 2.21. The summed E-state index contributed by atoms with van der Waals surface area (Å²) in [6.45, 7) is 15.3. The van der Waals surface area contributed by atoms with Gasteiger partial charge in [-0.1, -0.05) is 50.6 Å². The van der Waals surface area contributed by atoms with E-state index in [-0.39, 0.29) is 7.83 Å². The summed E-state index contributed by atoms with van der Waals surface area (Å²) in [5, 5.41) is 0. The van der Waals surface area contributed by atoms with Crippen molar-refractivity contribution in [2.24, 2.45) is 0 Å². The summed E-state index contributed by atoms with van der Waals surface area (Å²) in [4.78, 5) is 0. The highest BCUT2D eigenvalue weighted by molar-refractivity contribution is 7.38. The maximum absolute atomic E-state index is 2.56. The molecule has 0 aliphatic carbocycles. The van der Waals surface area contributed by atoms with E-state index in [0.29, 0.717) is 9.04 Å². The zero-order chi connectivity index (χ0) is 10.7. The first-order valence-electron chi connectivity index (χ1n) is 5.60. The normalized spacial score (nSPS) is 17.1. The second kappa shape index (κ2) is 5.25. The summed E-state index contributed by atoms with van der Waals surface area (Å²) in [6, 6.07) is 0. The van der Waals surface area contributed by atoms with E-state index in [1.54, 1.807) is 21.1 Å². The van der Waals surface area contributed by atoms with Gasteiger partial charge in [0.15, 0.2) is 0 Å². The van der Waals surface area contributed by atoms with Gasteiger partial charge in [-0.2, -0.15) is 0 Å². The van der Waals surface area contributed by atoms with Crippen LogP contribution in [0.4, 0.5) is 0 Å². The highest BCUT2D eigenvalue weighted by Crippen LogP contribution is 2.12. The van der Waals surface area contributed by atoms with Crippen molar-refractivity contribution in [2.75, 3.05) is 0 Å². The van der Waals surface area contributed by atoms with Crippen LogP contribution in [0.5, 0.6) is 0 Å². The Hall–Kier alpha value is 1.08. The van der Waals surface area contributed by atoms with Crippen molar-refractivity contribution in [1.29, 1.82) is 0 Å². The molecule has 0 saturated carbocycles. The first kappa shape index (κ1) is 14.1. The van der Waals surface area contributed by atoms with Gasteiger partial charge in [0.05, 0.1) is 0 Å². The number of rotatable bonds is 5. The van der Waals surface area contributed by atoms with Crippen LogP contribution >= 0.6 is 0 Å². The molecule has 0 N–H and O–H groups in total. The van der Waals surface area contributed by atoms with Crippen molar-refractivity contribution in [3.8, 4) is 0 Å². The van der Waals surface area contributed by atoms with Crippen LogP contribution < -0.4 is 0 Å². The molecular formula is C8H28Si5. The van der Waals surface area contributed by atoms with Gasteiger partial charge in [-0.15, -0.1) is 0 Å². The molecule has 0 saturated heterocycles. The molecule has 0 fully saturated rings. The van der Waals surface area contributed by atoms with E-state index in [2.05, 4.69) is 39.3 Å². The standard InChI is InChI=1S/C8H28Si5/c1-12(2,3)7-10-11(9)8-13(4,5)6/h11H,7-8,10H2,1-6,9H3. The SMILES string of the molecule is C[Si](C)(C)C[SiH2][SiH]([SiH3])C[Si](C)(C)C. The smallest absolute Gasteiger partial charge is 0.0409 e. The van der Waals surface area contributed by atoms with Crippen molar-refractivity contribution in [3.05, 3.63) is 0 Å². The Balaban J connectivity index is 3.70. The average Bonchev–Trinajstić information content (AvgIpc) is 1.78. The van der Waals surface area contributed by atoms with Gasteiger partial charge in [0.2, 0.25) is 0 Å². The minimum absolute atomic E-state index is 0.0527. The van der Waals surface area contributed by atoms with Crippen LogP contribution in [0, 0.1) is 0 Å². The largest absolute Gasteiger partial charge is 0.0698 e. The van der Waals surface area contributed by atoms with E-state index in [1.165, 1.54) is 0 Å². The third-order valence-corrected chi connectivity index (χ3v) is 35.2. The molecule has 1 unspecified atom stereocenters. The minimum atomic E-state index is -0.670. The summed E-state index contributed by atoms with van der Waals surface area (Å²) >= 11 is 0. The fourth-order valence-electron chi connectivity index (χ4n) is 1.83. The topological polar surface area (TPSA) is 0 Å². The molecule has 0 bridgehead atoms. The maximum Gasteiger partial charge on any atom is 0.0409 e. The van der Waals surface area contributed by atoms with Gasteiger partial charge in [0.25, 0.3) is 0 Å². The Morgan fingerprint density at radius 1 is 1.00 bits per heavy atom. The maximum atomic E-state index is 2.56. The Labute approximate surface area is 93.4 Å². The summed E-state index contributed by atoms with van der Waals surface area (Å²) in [5.74, 6) is 0. The highest BCUT2D eigenvalue weighted by atomic mass is 29.5. The molecule has 0 aliphatic rings. The van der Waals surface area contributed by atoms with Gasteiger partial charge in [-0.3, -0.25) is 0 Å². The molecule has 0 spiro atoms. The molecule has 0 rings (SSSR count). The predicted octanol–water partition coefficient (Wildman–Crippen LogP) is 0.914. The van der Waals surface area contributed by atoms with Crippen LogP contribution in [-0.2, 0) is 0 Å². The van der Waals surface area contributed by atoms with E-state index in [1.807, 2.05) is 0 Å². The molecule has 5 heteroatoms. The lowest BCUT2D eigenvalue weighted by Gasteiger charge is -2.23. The lowest BCUT2D eigenvalue weighted by atomic mass is 11.7. The first-order valence-corrected chi connectivity index (χ1v) is 22.7. The minimum Gasteiger partial charge on any atom is -0.0698 e. The van der Waals surface area contributed by atoms with Gasteiger partial charge in [-0.05, 0) is 9.76 Å². The van der Waals surface area contributed by atoms with Gasteiger partial charge in [0, 0.05) is 33.0 Å². The van der Waals surface area contributed by atoms with Crippen LogP contribution in [0.15, 0.2) is 0 Å². The van der Waals surface area contributed by atoms with Crippen LogP contribution in [0.2, 0.25) is 50.6 Å². The van der Waals surface area contributed by atoms with Crippen LogP contribution in [0.1, 0.15) is 0 Å². The van der Waals surface area contributed by atoms with Crippen molar-refractivity contribution in [2.45, 2.75) is 50.6 Å². The zero-order valence-corrected chi connectivity index (χ0v) is 17.3. The van der Waals surface area contributed by atoms with E-state index in [4.69, 9.17) is 0 Å². The van der Waals surface area contributed by atoms with E-state index >= 15 is 0 Å². The predicted molar refractivity (Wildman–Crippen MR) is 81.9 cm³/mol. The van der Waals surface area contributed by atoms with Gasteiger partial charge < -0.3 is 0 Å². The molecule has 0 nitrogen and oxygen atoms in total. The van der Waals surface area contributed by atoms with E-state index < -0.39 is 16.1 Å². The third-order valence-electron chi connectivity index (χ3n) is 2.35. The molecule has 1 atom stereocenters. The lowest BCUT2D eigenvalue weighted by Crippen LogP contribution is -2.38. The summed E-state index contributed by atoms with van der Waals surface area (Å²) in [7, 11) is 0.686. The second-order valence-electron chi connectivity index (χ2n) is 6.97. The van der Waals surface area contributed by atoms with Crippen molar-refractivity contribution >= 4 is 42.8 Å². The molecular weight excluding hydrogens is 237 g/mol. The molecule has 0 heterocycles. The van der Waals surface area contributed by atoms with Crippen LogP contribution in [0.3, 0.4) is 0 Å². The second-order valence-corrected chi connectivity index (χ2v) is 39.3. The molecule has 0 radical (unpaired) electrons. The Morgan fingerprint density at radius 2 is 1.46 bits per heavy atom. The van der Waals surface area contributed by atoms with Crippen molar-refractivity contribution in [3.63, 3.8) is 0 Å². The van der Waals surface area contributed by atoms with Crippen molar-refractivity contribution < 1.29 is 0 Å².